The molecular formula is C61H72N12O7S. The number of fused-ring (bicyclic) bond motifs is 3. The minimum absolute atomic E-state index is 0.0816. The molecule has 5 aromatic heterocycles. The first-order chi connectivity index (χ1) is 39.3. The third-order valence-corrected chi connectivity index (χ3v) is 18.5. The first-order valence-electron chi connectivity index (χ1n) is 28.8. The number of piperidine rings is 1. The number of β-amino-alcohol motifs (C(OH)–C–C–N with tert-alkyl or cyclic N) is 1. The third-order valence-electron chi connectivity index (χ3n) is 17.5. The van der Waals surface area contributed by atoms with Gasteiger partial charge in [0.2, 0.25) is 17.7 Å². The number of rotatable bonds is 16. The van der Waals surface area contributed by atoms with Crippen LogP contribution in [0.25, 0.3) is 32.7 Å². The van der Waals surface area contributed by atoms with Crippen molar-refractivity contribution in [1.29, 1.82) is 0 Å². The highest BCUT2D eigenvalue weighted by Crippen LogP contribution is 2.37. The fraction of sp³-hybridized carbons (Fsp3) is 0.475. The van der Waals surface area contributed by atoms with E-state index in [1.807, 2.05) is 93.9 Å². The maximum atomic E-state index is 14.4. The lowest BCUT2D eigenvalue weighted by atomic mass is 9.81. The molecule has 2 aromatic carbocycles. The number of thiazole rings is 1. The lowest BCUT2D eigenvalue weighted by Gasteiger charge is -2.42. The molecule has 424 valence electrons. The van der Waals surface area contributed by atoms with Gasteiger partial charge in [-0.1, -0.05) is 55.4 Å². The number of benzene rings is 2. The smallest absolute Gasteiger partial charge is 0.254 e. The highest BCUT2D eigenvalue weighted by molar-refractivity contribution is 7.13. The summed E-state index contributed by atoms with van der Waals surface area (Å²) in [6, 6.07) is 21.8. The van der Waals surface area contributed by atoms with Crippen LogP contribution in [0.3, 0.4) is 0 Å². The number of H-pyrrole nitrogens is 1. The van der Waals surface area contributed by atoms with Crippen LogP contribution in [0.1, 0.15) is 93.0 Å². The number of carbonyl (C=O) groups excluding carboxylic acids is 2. The first kappa shape index (κ1) is 54.3. The molecular weight excluding hydrogens is 1040 g/mol. The zero-order valence-corrected chi connectivity index (χ0v) is 47.4. The Hall–Kier alpha value is -7.26. The summed E-state index contributed by atoms with van der Waals surface area (Å²) in [5.41, 5.74) is 8.91. The number of para-hydroxylation sites is 1. The number of aromatic amines is 1. The van der Waals surface area contributed by atoms with Crippen LogP contribution in [0, 0.1) is 24.7 Å². The number of anilines is 2. The molecule has 0 bridgehead atoms. The van der Waals surface area contributed by atoms with Crippen LogP contribution in [0.2, 0.25) is 0 Å². The van der Waals surface area contributed by atoms with Crippen LogP contribution >= 0.6 is 11.3 Å². The van der Waals surface area contributed by atoms with E-state index in [1.54, 1.807) is 29.7 Å². The number of hydrogen-bond acceptors (Lipinski definition) is 17. The molecule has 9 heterocycles. The Morgan fingerprint density at radius 3 is 2.38 bits per heavy atom. The summed E-state index contributed by atoms with van der Waals surface area (Å²) in [7, 11) is 0. The van der Waals surface area contributed by atoms with E-state index < -0.39 is 18.1 Å². The molecule has 0 radical (unpaired) electrons. The topological polar surface area (TPSA) is 223 Å². The maximum absolute atomic E-state index is 14.4. The standard InChI is InChI=1S/C61H72N12O7S/c1-36(2)56(61(78)73-33-44(74)28-51(73)60(77)64-37(3)41-9-11-42(12-10-41)57-38(4)63-35-81-57)53-30-54(68-80-53)71-23-21-70(22-24-71)31-39-14-18-69(19-15-39)32-40-25-45(26-40)79-55-27-43(13-17-62-55)72-20-16-46-48-29-50(47-7-5-6-8-52(47)75)66-67-58(48)65-59(76)49(46)34-72/h5-13,17,27,29-30,35-37,39-40,44-45,51,56,74-75H,14-16,18-26,28,31-34H2,1-4H3,(H,64,77)(H,65,67,76)/t37-,40-,44+,45-,51-,56+/m0/s1. The van der Waals surface area contributed by atoms with E-state index in [0.717, 1.165) is 109 Å². The lowest BCUT2D eigenvalue weighted by molar-refractivity contribution is -0.141. The second-order valence-electron chi connectivity index (χ2n) is 23.4. The van der Waals surface area contributed by atoms with Crippen molar-refractivity contribution >= 4 is 45.7 Å². The first-order valence-corrected chi connectivity index (χ1v) is 29.7. The van der Waals surface area contributed by atoms with Crippen LogP contribution in [0.15, 0.2) is 93.8 Å². The molecule has 19 nitrogen and oxygen atoms in total. The fourth-order valence-electron chi connectivity index (χ4n) is 12.9. The van der Waals surface area contributed by atoms with Crippen LogP contribution in [-0.2, 0) is 22.6 Å². The molecule has 4 N–H and O–H groups in total. The molecule has 5 aliphatic rings. The molecule has 0 unspecified atom stereocenters. The molecule has 7 aromatic rings. The largest absolute Gasteiger partial charge is 0.507 e. The fourth-order valence-corrected chi connectivity index (χ4v) is 13.7. The van der Waals surface area contributed by atoms with Crippen LogP contribution in [0.4, 0.5) is 11.5 Å². The van der Waals surface area contributed by atoms with Gasteiger partial charge in [0.25, 0.3) is 5.56 Å². The zero-order chi connectivity index (χ0) is 55.9. The summed E-state index contributed by atoms with van der Waals surface area (Å²) in [4.78, 5) is 65.7. The number of pyridine rings is 2. The van der Waals surface area contributed by atoms with Gasteiger partial charge < -0.3 is 49.4 Å². The van der Waals surface area contributed by atoms with Crippen molar-refractivity contribution in [1.82, 2.24) is 50.3 Å². The van der Waals surface area contributed by atoms with Crippen molar-refractivity contribution < 1.29 is 29.1 Å². The Labute approximate surface area is 475 Å². The number of phenols is 1. The van der Waals surface area contributed by atoms with E-state index in [-0.39, 0.29) is 54.2 Å². The van der Waals surface area contributed by atoms with Crippen molar-refractivity contribution in [3.05, 3.63) is 123 Å². The Morgan fingerprint density at radius 2 is 1.63 bits per heavy atom. The summed E-state index contributed by atoms with van der Waals surface area (Å²) in [5.74, 6) is 1.89. The number of nitrogens with one attached hydrogen (secondary N) is 2. The number of aryl methyl sites for hydroxylation is 1. The minimum Gasteiger partial charge on any atom is -0.507 e. The normalized spacial score (nSPS) is 21.7. The maximum Gasteiger partial charge on any atom is 0.254 e. The predicted octanol–water partition coefficient (Wildman–Crippen LogP) is 7.34. The number of likely N-dealkylation sites (tertiary alicyclic amines) is 2. The van der Waals surface area contributed by atoms with Crippen LogP contribution in [0.5, 0.6) is 11.6 Å². The van der Waals surface area contributed by atoms with Gasteiger partial charge in [0.1, 0.15) is 23.8 Å². The van der Waals surface area contributed by atoms with Crippen molar-refractivity contribution in [3.8, 4) is 33.3 Å². The third kappa shape index (κ3) is 11.7. The number of amides is 2. The number of hydrogen-bond donors (Lipinski definition) is 4. The number of piperazine rings is 1. The second kappa shape index (κ2) is 23.3. The molecule has 3 saturated heterocycles. The Bertz CT molecular complexity index is 3440. The van der Waals surface area contributed by atoms with E-state index in [1.165, 1.54) is 17.7 Å². The number of ether oxygens (including phenoxy) is 1. The van der Waals surface area contributed by atoms with Gasteiger partial charge in [-0.3, -0.25) is 19.3 Å². The molecule has 0 spiro atoms. The van der Waals surface area contributed by atoms with Crippen LogP contribution in [-0.4, -0.2) is 151 Å². The number of phenolic OH excluding ortho intramolecular Hbond substituents is 1. The minimum atomic E-state index is -0.805. The lowest BCUT2D eigenvalue weighted by Crippen LogP contribution is -2.49. The van der Waals surface area contributed by atoms with Gasteiger partial charge in [-0.25, -0.2) is 9.97 Å². The molecule has 1 aliphatic carbocycles. The Balaban J connectivity index is 0.571. The van der Waals surface area contributed by atoms with Crippen molar-refractivity contribution in [3.63, 3.8) is 0 Å². The molecule has 12 rings (SSSR count). The Kier molecular flexibility index (Phi) is 15.6. The number of aromatic hydroxyl groups is 1. The van der Waals surface area contributed by atoms with E-state index in [9.17, 15) is 24.6 Å². The molecule has 2 amide bonds. The molecule has 4 fully saturated rings. The van der Waals surface area contributed by atoms with E-state index in [0.29, 0.717) is 65.5 Å². The highest BCUT2D eigenvalue weighted by atomic mass is 32.1. The number of aliphatic hydroxyl groups is 1. The summed E-state index contributed by atoms with van der Waals surface area (Å²) < 4.78 is 12.4. The molecule has 4 aliphatic heterocycles. The van der Waals surface area contributed by atoms with E-state index in [4.69, 9.17) is 9.26 Å². The quantitative estimate of drug-likeness (QED) is 0.0743. The van der Waals surface area contributed by atoms with Gasteiger partial charge in [0, 0.05) is 106 Å². The predicted molar refractivity (Wildman–Crippen MR) is 310 cm³/mol. The second-order valence-corrected chi connectivity index (χ2v) is 24.2. The number of aromatic nitrogens is 6. The van der Waals surface area contributed by atoms with Gasteiger partial charge in [-0.15, -0.1) is 21.5 Å². The molecule has 4 atom stereocenters. The van der Waals surface area contributed by atoms with Gasteiger partial charge in [-0.05, 0) is 118 Å². The van der Waals surface area contributed by atoms with Crippen molar-refractivity contribution in [2.24, 2.45) is 17.8 Å². The van der Waals surface area contributed by atoms with Gasteiger partial charge in [-0.2, -0.15) is 0 Å². The van der Waals surface area contributed by atoms with Crippen molar-refractivity contribution in [2.45, 2.75) is 103 Å². The monoisotopic (exact) mass is 1120 g/mol. The molecule has 1 saturated carbocycles. The average molecular weight is 1120 g/mol. The Morgan fingerprint density at radius 1 is 0.864 bits per heavy atom. The summed E-state index contributed by atoms with van der Waals surface area (Å²) in [5, 5.41) is 38.3. The summed E-state index contributed by atoms with van der Waals surface area (Å²) in [6.07, 6.45) is 6.34. The zero-order valence-electron chi connectivity index (χ0n) is 46.5. The highest BCUT2D eigenvalue weighted by Gasteiger charge is 2.44. The van der Waals surface area contributed by atoms with Gasteiger partial charge in [0.05, 0.1) is 33.9 Å². The summed E-state index contributed by atoms with van der Waals surface area (Å²) in [6.45, 7) is 17.0. The van der Waals surface area contributed by atoms with Gasteiger partial charge in [0.15, 0.2) is 17.2 Å². The SMILES string of the molecule is Cc1ncsc1-c1ccc([C@H](C)NC(=O)[C@@H]2C[C@@H](O)CN2C(=O)[C@@H](c2cc(N3CCN(CC4CCN(C[C@H]5C[C@H](Oc6cc(N7CCc8c(c(=O)[nH]c9nnc(-c%10ccccc%10O)cc89)C7)ccn6)C5)CC4)CC3)no2)C(C)C)cc1. The average Bonchev–Trinajstić information content (AvgIpc) is 4.29. The van der Waals surface area contributed by atoms with E-state index in [2.05, 4.69) is 55.2 Å². The number of aliphatic hydroxyl groups excluding tert-OH is 1. The van der Waals surface area contributed by atoms with E-state index >= 15 is 0 Å². The summed E-state index contributed by atoms with van der Waals surface area (Å²) >= 11 is 1.60. The number of nitrogens with zero attached hydrogens (tertiary/aromatic N) is 10. The molecule has 81 heavy (non-hydrogen) atoms. The molecule has 20 heteroatoms. The van der Waals surface area contributed by atoms with Crippen molar-refractivity contribution in [2.75, 3.05) is 75.2 Å². The number of carbonyl (C=O) groups is 2. The van der Waals surface area contributed by atoms with Crippen LogP contribution < -0.4 is 25.4 Å². The van der Waals surface area contributed by atoms with Gasteiger partial charge >= 0.3 is 0 Å².